The first-order valence-electron chi connectivity index (χ1n) is 23.0. The number of amides is 2. The van der Waals surface area contributed by atoms with Gasteiger partial charge in [0.2, 0.25) is 17.8 Å². The lowest BCUT2D eigenvalue weighted by atomic mass is 9.63. The molecule has 2 saturated carbocycles. The Morgan fingerprint density at radius 1 is 0.939 bits per heavy atom. The van der Waals surface area contributed by atoms with E-state index in [-0.39, 0.29) is 52.4 Å². The van der Waals surface area contributed by atoms with Crippen molar-refractivity contribution in [3.05, 3.63) is 64.0 Å². The van der Waals surface area contributed by atoms with Crippen LogP contribution in [0.3, 0.4) is 0 Å². The van der Waals surface area contributed by atoms with Crippen LogP contribution in [0.25, 0.3) is 11.0 Å². The number of sulfone groups is 1. The Hall–Kier alpha value is -5.08. The van der Waals surface area contributed by atoms with E-state index in [2.05, 4.69) is 25.5 Å². The molecule has 2 aromatic heterocycles. The lowest BCUT2D eigenvalue weighted by Crippen LogP contribution is -2.52. The van der Waals surface area contributed by atoms with Gasteiger partial charge in [0.05, 0.1) is 27.5 Å². The highest BCUT2D eigenvalue weighted by molar-refractivity contribution is 7.92. The Morgan fingerprint density at radius 3 is 2.32 bits per heavy atom. The molecule has 4 aromatic rings. The molecule has 6 fully saturated rings. The summed E-state index contributed by atoms with van der Waals surface area (Å²) in [5.41, 5.74) is 0.205. The molecule has 2 spiro atoms. The van der Waals surface area contributed by atoms with Gasteiger partial charge in [-0.15, -0.1) is 0 Å². The highest BCUT2D eigenvalue weighted by Gasteiger charge is 2.53. The molecule has 2 aromatic carbocycles. The number of imide groups is 1. The Morgan fingerprint density at radius 2 is 1.67 bits per heavy atom. The van der Waals surface area contributed by atoms with E-state index in [0.29, 0.717) is 67.3 Å². The van der Waals surface area contributed by atoms with Gasteiger partial charge in [-0.05, 0) is 137 Å². The highest BCUT2D eigenvalue weighted by atomic mass is 32.2. The van der Waals surface area contributed by atoms with E-state index in [9.17, 15) is 41.1 Å². The Labute approximate surface area is 379 Å². The summed E-state index contributed by atoms with van der Waals surface area (Å²) >= 11 is 0. The zero-order chi connectivity index (χ0) is 46.5. The number of imidazole rings is 1. The van der Waals surface area contributed by atoms with Crippen molar-refractivity contribution in [2.24, 2.45) is 23.8 Å². The number of halogens is 4. The summed E-state index contributed by atoms with van der Waals surface area (Å²) in [7, 11) is -2.15. The molecule has 2 aliphatic carbocycles. The smallest absolute Gasteiger partial charge is 0.391 e. The number of hydrogen-bond donors (Lipinski definition) is 3. The van der Waals surface area contributed by atoms with Crippen molar-refractivity contribution >= 4 is 55.8 Å². The number of aliphatic hydroxyl groups excluding tert-OH is 1. The molecule has 6 heterocycles. The number of rotatable bonds is 9. The van der Waals surface area contributed by atoms with Crippen LogP contribution in [0, 0.1) is 29.5 Å². The van der Waals surface area contributed by atoms with Gasteiger partial charge in [-0.3, -0.25) is 24.0 Å². The molecule has 66 heavy (non-hydrogen) atoms. The number of aromatic nitrogens is 4. The van der Waals surface area contributed by atoms with Crippen molar-refractivity contribution in [3.63, 3.8) is 0 Å². The summed E-state index contributed by atoms with van der Waals surface area (Å²) in [5, 5.41) is 15.5. The van der Waals surface area contributed by atoms with Crippen LogP contribution in [0.15, 0.2) is 46.2 Å². The maximum atomic E-state index is 16.2. The number of aryl methyl sites for hydroxylation is 2. The average molecular weight is 938 g/mol. The number of hydrogen-bond acceptors (Lipinski definition) is 12. The quantitative estimate of drug-likeness (QED) is 0.140. The summed E-state index contributed by atoms with van der Waals surface area (Å²) in [6.45, 7) is 6.10. The van der Waals surface area contributed by atoms with Crippen molar-refractivity contribution < 1.29 is 40.7 Å². The number of piperidine rings is 4. The van der Waals surface area contributed by atoms with Gasteiger partial charge in [-0.25, -0.2) is 22.6 Å². The predicted octanol–water partition coefficient (Wildman–Crippen LogP) is 5.60. The maximum Gasteiger partial charge on any atom is 0.421 e. The predicted molar refractivity (Wildman–Crippen MR) is 238 cm³/mol. The molecular weight excluding hydrogens is 883 g/mol. The van der Waals surface area contributed by atoms with Gasteiger partial charge in [-0.1, -0.05) is 0 Å². The van der Waals surface area contributed by atoms with Crippen molar-refractivity contribution in [1.82, 2.24) is 29.3 Å². The molecule has 4 saturated heterocycles. The largest absolute Gasteiger partial charge is 0.421 e. The zero-order valence-electron chi connectivity index (χ0n) is 37.0. The van der Waals surface area contributed by atoms with Crippen LogP contribution < -0.4 is 26.1 Å². The summed E-state index contributed by atoms with van der Waals surface area (Å²) in [6.07, 6.45) is 2.66. The standard InChI is InChI=1S/C46H55F4N9O6S/c1-27-21-29(3-4-32(27)52-42-51-24-31(46(48,49)50)40(54-42)58-20-15-45(11-12-45)36(60)26-58)66(64,65)30-22-44(23-30)13-18-56(19-14-44)25-28-9-16-57(17-10-28)33-5-6-34-39(38(33)47)55(2)43(63)59(34)35-7-8-37(61)53-41(35)62/h3-6,21,24,28,30,35-36,60H,7-20,22-23,25-26H2,1-2H3,(H,51,52,54)(H,53,61,62). The molecule has 354 valence electrons. The van der Waals surface area contributed by atoms with Gasteiger partial charge >= 0.3 is 11.9 Å². The lowest BCUT2D eigenvalue weighted by molar-refractivity contribution is -0.138. The number of carbonyl (C=O) groups is 2. The normalized spacial score (nSPS) is 24.0. The van der Waals surface area contributed by atoms with Crippen molar-refractivity contribution in [1.29, 1.82) is 0 Å². The molecule has 2 unspecified atom stereocenters. The van der Waals surface area contributed by atoms with Gasteiger partial charge in [0, 0.05) is 58.1 Å². The molecule has 0 radical (unpaired) electrons. The molecule has 15 nitrogen and oxygen atoms in total. The van der Waals surface area contributed by atoms with E-state index in [4.69, 9.17) is 0 Å². The van der Waals surface area contributed by atoms with E-state index in [1.54, 1.807) is 31.2 Å². The Bertz CT molecular complexity index is 2770. The van der Waals surface area contributed by atoms with Crippen LogP contribution in [-0.4, -0.2) is 107 Å². The van der Waals surface area contributed by atoms with Gasteiger partial charge < -0.3 is 25.1 Å². The second-order valence-electron chi connectivity index (χ2n) is 19.9. The van der Waals surface area contributed by atoms with Crippen LogP contribution >= 0.6 is 0 Å². The monoisotopic (exact) mass is 937 g/mol. The fourth-order valence-corrected chi connectivity index (χ4v) is 13.6. The molecule has 2 atom stereocenters. The fourth-order valence-electron chi connectivity index (χ4n) is 11.5. The van der Waals surface area contributed by atoms with Crippen molar-refractivity contribution in [2.75, 3.05) is 60.9 Å². The first kappa shape index (κ1) is 44.7. The third-order valence-corrected chi connectivity index (χ3v) is 18.0. The minimum Gasteiger partial charge on any atom is -0.391 e. The SMILES string of the molecule is Cc1cc(S(=O)(=O)C2CC3(CCN(CC4CCN(c5ccc6c(c5F)n(C)c(=O)n6C5CCC(=O)NC5=O)CC4)CC3)C2)ccc1Nc1ncc(C(F)(F)F)c(N2CCC3(CC3)C(O)C2)n1. The number of nitrogens with zero attached hydrogens (tertiary/aromatic N) is 7. The Kier molecular flexibility index (Phi) is 11.1. The number of aliphatic hydroxyl groups is 1. The molecule has 3 N–H and O–H groups in total. The first-order valence-corrected chi connectivity index (χ1v) is 24.6. The number of carbonyl (C=O) groups excluding carboxylic acids is 2. The van der Waals surface area contributed by atoms with Crippen molar-refractivity contribution in [3.8, 4) is 0 Å². The molecule has 20 heteroatoms. The summed E-state index contributed by atoms with van der Waals surface area (Å²) < 4.78 is 88.6. The van der Waals surface area contributed by atoms with Crippen LogP contribution in [0.1, 0.15) is 87.8 Å². The van der Waals surface area contributed by atoms with E-state index < -0.39 is 62.3 Å². The minimum atomic E-state index is -4.69. The van der Waals surface area contributed by atoms with Crippen LogP contribution in [0.2, 0.25) is 0 Å². The zero-order valence-corrected chi connectivity index (χ0v) is 37.9. The molecule has 0 bridgehead atoms. The van der Waals surface area contributed by atoms with E-state index in [1.807, 2.05) is 4.90 Å². The van der Waals surface area contributed by atoms with E-state index in [1.165, 1.54) is 27.1 Å². The number of β-amino-alcohol motifs (C(OH)–C–C–N with tert-alkyl or cyclic N) is 1. The minimum absolute atomic E-state index is 0.0250. The van der Waals surface area contributed by atoms with Crippen LogP contribution in [0.5, 0.6) is 0 Å². The van der Waals surface area contributed by atoms with Crippen LogP contribution in [-0.2, 0) is 32.7 Å². The van der Waals surface area contributed by atoms with Crippen LogP contribution in [0.4, 0.5) is 40.7 Å². The summed E-state index contributed by atoms with van der Waals surface area (Å²) in [4.78, 5) is 51.9. The Balaban J connectivity index is 0.718. The number of fused-ring (bicyclic) bond motifs is 1. The highest BCUT2D eigenvalue weighted by Crippen LogP contribution is 2.55. The second kappa shape index (κ2) is 16.3. The average Bonchev–Trinajstić information content (AvgIpc) is 4.00. The molecule has 10 rings (SSSR count). The number of nitrogens with one attached hydrogen (secondary N) is 2. The van der Waals surface area contributed by atoms with Gasteiger partial charge in [0.1, 0.15) is 22.9 Å². The second-order valence-corrected chi connectivity index (χ2v) is 22.1. The van der Waals surface area contributed by atoms with Gasteiger partial charge in [0.25, 0.3) is 0 Å². The molecular formula is C46H55F4N9O6S. The maximum absolute atomic E-state index is 16.2. The topological polar surface area (TPSA) is 175 Å². The number of likely N-dealkylation sites (tertiary alicyclic amines) is 1. The third-order valence-electron chi connectivity index (χ3n) is 15.9. The van der Waals surface area contributed by atoms with Crippen molar-refractivity contribution in [2.45, 2.75) is 106 Å². The lowest BCUT2D eigenvalue weighted by Gasteiger charge is -2.52. The first-order chi connectivity index (χ1) is 31.3. The van der Waals surface area contributed by atoms with Gasteiger partial charge in [-0.2, -0.15) is 18.2 Å². The number of benzene rings is 2. The fraction of sp³-hybridized carbons (Fsp3) is 0.587. The third kappa shape index (κ3) is 7.93. The summed E-state index contributed by atoms with van der Waals surface area (Å²) in [6, 6.07) is 7.19. The number of anilines is 4. The van der Waals surface area contributed by atoms with Gasteiger partial charge in [0.15, 0.2) is 15.7 Å². The molecule has 4 aliphatic heterocycles. The summed E-state index contributed by atoms with van der Waals surface area (Å²) in [5.74, 6) is -1.40. The molecule has 2 amide bonds. The molecule has 6 aliphatic rings. The van der Waals surface area contributed by atoms with E-state index in [0.717, 1.165) is 64.4 Å². The number of alkyl halides is 3. The van der Waals surface area contributed by atoms with E-state index >= 15 is 4.39 Å².